The van der Waals surface area contributed by atoms with Crippen molar-refractivity contribution >= 4 is 21.9 Å². The van der Waals surface area contributed by atoms with E-state index in [4.69, 9.17) is 0 Å². The van der Waals surface area contributed by atoms with Gasteiger partial charge in [0.25, 0.3) is 0 Å². The van der Waals surface area contributed by atoms with Gasteiger partial charge in [0.05, 0.1) is 23.1 Å². The van der Waals surface area contributed by atoms with Gasteiger partial charge in [-0.25, -0.2) is 14.4 Å². The van der Waals surface area contributed by atoms with E-state index in [0.717, 1.165) is 67.1 Å². The number of imidazole rings is 1. The highest BCUT2D eigenvalue weighted by Gasteiger charge is 2.16. The van der Waals surface area contributed by atoms with E-state index in [0.29, 0.717) is 0 Å². The number of nitrogens with zero attached hydrogens (tertiary/aromatic N) is 4. The second kappa shape index (κ2) is 7.13. The molecule has 4 heterocycles. The van der Waals surface area contributed by atoms with E-state index in [1.165, 1.54) is 6.07 Å². The average molecular weight is 436 g/mol. The summed E-state index contributed by atoms with van der Waals surface area (Å²) in [4.78, 5) is 12.3. The second-order valence-electron chi connectivity index (χ2n) is 8.40. The number of aryl methyl sites for hydroxylation is 2. The van der Waals surface area contributed by atoms with Gasteiger partial charge in [-0.15, -0.1) is 0 Å². The van der Waals surface area contributed by atoms with Crippen molar-refractivity contribution in [2.75, 3.05) is 0 Å². The number of rotatable bonds is 3. The smallest absolute Gasteiger partial charge is 0.138 e. The van der Waals surface area contributed by atoms with Crippen molar-refractivity contribution in [1.29, 1.82) is 0 Å². The quantitative estimate of drug-likeness (QED) is 0.361. The predicted molar refractivity (Wildman–Crippen MR) is 128 cm³/mol. The number of aromatic nitrogens is 6. The minimum atomic E-state index is -0.248. The molecule has 7 heteroatoms. The lowest BCUT2D eigenvalue weighted by atomic mass is 10.0. The van der Waals surface area contributed by atoms with Crippen molar-refractivity contribution in [2.24, 2.45) is 7.05 Å². The van der Waals surface area contributed by atoms with Crippen molar-refractivity contribution in [3.63, 3.8) is 0 Å². The van der Waals surface area contributed by atoms with Gasteiger partial charge in [0.15, 0.2) is 0 Å². The first-order chi connectivity index (χ1) is 16.0. The first kappa shape index (κ1) is 19.4. The molecule has 0 spiro atoms. The molecular formula is C26H21FN6. The monoisotopic (exact) mass is 436 g/mol. The fourth-order valence-electron chi connectivity index (χ4n) is 4.45. The molecule has 0 atom stereocenters. The molecule has 4 aromatic heterocycles. The van der Waals surface area contributed by atoms with Crippen molar-refractivity contribution < 1.29 is 4.39 Å². The third-order valence-electron chi connectivity index (χ3n) is 6.22. The van der Waals surface area contributed by atoms with E-state index in [-0.39, 0.29) is 5.82 Å². The van der Waals surface area contributed by atoms with Crippen LogP contribution >= 0.6 is 0 Å². The third kappa shape index (κ3) is 3.12. The molecule has 6 aromatic rings. The maximum atomic E-state index is 14.1. The van der Waals surface area contributed by atoms with Crippen molar-refractivity contribution in [2.45, 2.75) is 13.8 Å². The lowest BCUT2D eigenvalue weighted by molar-refractivity contribution is 0.627. The van der Waals surface area contributed by atoms with Gasteiger partial charge in [-0.1, -0.05) is 12.1 Å². The number of hydrogen-bond donors (Lipinski definition) is 2. The molecule has 0 aliphatic heterocycles. The summed E-state index contributed by atoms with van der Waals surface area (Å²) in [7, 11) is 2.01. The van der Waals surface area contributed by atoms with Crippen LogP contribution in [0, 0.1) is 19.7 Å². The average Bonchev–Trinajstić information content (AvgIpc) is 3.49. The Kier molecular flexibility index (Phi) is 4.20. The maximum Gasteiger partial charge on any atom is 0.138 e. The largest absolute Gasteiger partial charge is 0.338 e. The van der Waals surface area contributed by atoms with Crippen LogP contribution in [0.5, 0.6) is 0 Å². The minimum absolute atomic E-state index is 0.248. The van der Waals surface area contributed by atoms with Crippen LogP contribution in [0.15, 0.2) is 60.9 Å². The zero-order valence-corrected chi connectivity index (χ0v) is 18.4. The van der Waals surface area contributed by atoms with Crippen LogP contribution in [0.4, 0.5) is 4.39 Å². The van der Waals surface area contributed by atoms with Crippen molar-refractivity contribution in [3.8, 4) is 33.8 Å². The number of benzene rings is 2. The second-order valence-corrected chi connectivity index (χ2v) is 8.40. The Hall–Kier alpha value is -4.26. The van der Waals surface area contributed by atoms with Crippen LogP contribution < -0.4 is 0 Å². The van der Waals surface area contributed by atoms with Gasteiger partial charge in [0.2, 0.25) is 0 Å². The molecule has 0 saturated carbocycles. The molecule has 0 amide bonds. The molecule has 0 aliphatic carbocycles. The third-order valence-corrected chi connectivity index (χ3v) is 6.22. The number of hydrogen-bond acceptors (Lipinski definition) is 3. The number of nitrogens with one attached hydrogen (secondary N) is 2. The predicted octanol–water partition coefficient (Wildman–Crippen LogP) is 5.93. The summed E-state index contributed by atoms with van der Waals surface area (Å²) >= 11 is 0. The molecule has 0 radical (unpaired) electrons. The Bertz CT molecular complexity index is 1650. The molecule has 2 aromatic carbocycles. The molecule has 0 fully saturated rings. The van der Waals surface area contributed by atoms with Gasteiger partial charge >= 0.3 is 0 Å². The fourth-order valence-corrected chi connectivity index (χ4v) is 4.45. The molecule has 2 N–H and O–H groups in total. The Morgan fingerprint density at radius 3 is 2.58 bits per heavy atom. The molecule has 0 bridgehead atoms. The van der Waals surface area contributed by atoms with Gasteiger partial charge in [0, 0.05) is 29.6 Å². The first-order valence-corrected chi connectivity index (χ1v) is 10.7. The van der Waals surface area contributed by atoms with Gasteiger partial charge in [-0.2, -0.15) is 5.10 Å². The number of aromatic amines is 2. The molecule has 33 heavy (non-hydrogen) atoms. The number of fused-ring (bicyclic) bond motifs is 2. The first-order valence-electron chi connectivity index (χ1n) is 10.7. The summed E-state index contributed by atoms with van der Waals surface area (Å²) in [6.45, 7) is 3.88. The summed E-state index contributed by atoms with van der Waals surface area (Å²) in [5.41, 5.74) is 8.08. The zero-order valence-electron chi connectivity index (χ0n) is 18.4. The Balaban J connectivity index is 1.52. The van der Waals surface area contributed by atoms with E-state index in [9.17, 15) is 4.39 Å². The molecule has 6 rings (SSSR count). The normalized spacial score (nSPS) is 11.6. The molecule has 0 aliphatic rings. The SMILES string of the molecule is Cc1cc(F)cc(-c2ccnc3[nH]c(-c4n[nH]c5ccc(-c6cnc(C)n6C)cc45)cc23)c1. The van der Waals surface area contributed by atoms with Crippen LogP contribution in [0.1, 0.15) is 11.4 Å². The van der Waals surface area contributed by atoms with E-state index in [2.05, 4.69) is 41.8 Å². The molecule has 162 valence electrons. The Morgan fingerprint density at radius 2 is 1.79 bits per heavy atom. The number of pyridine rings is 1. The van der Waals surface area contributed by atoms with Gasteiger partial charge in [0.1, 0.15) is 23.0 Å². The lowest BCUT2D eigenvalue weighted by Crippen LogP contribution is -1.94. The van der Waals surface area contributed by atoms with Crippen LogP contribution in [-0.2, 0) is 7.05 Å². The maximum absolute atomic E-state index is 14.1. The standard InChI is InChI=1S/C26H21FN6/c1-14-8-17(10-18(27)9-14)19-6-7-28-26-20(19)12-23(30-26)25-21-11-16(4-5-22(21)31-32-25)24-13-29-15(2)33(24)3/h4-13H,1-3H3,(H,28,30)(H,31,32). The lowest BCUT2D eigenvalue weighted by Gasteiger charge is -2.05. The van der Waals surface area contributed by atoms with Crippen LogP contribution in [0.3, 0.4) is 0 Å². The summed E-state index contributed by atoms with van der Waals surface area (Å²) < 4.78 is 16.2. The van der Waals surface area contributed by atoms with Crippen LogP contribution in [-0.4, -0.2) is 29.7 Å². The van der Waals surface area contributed by atoms with E-state index in [1.54, 1.807) is 12.3 Å². The summed E-state index contributed by atoms with van der Waals surface area (Å²) in [6, 6.07) is 15.2. The molecule has 0 unspecified atom stereocenters. The van der Waals surface area contributed by atoms with Gasteiger partial charge < -0.3 is 9.55 Å². The Morgan fingerprint density at radius 1 is 0.909 bits per heavy atom. The Labute approximate surface area is 189 Å². The number of halogens is 1. The van der Waals surface area contributed by atoms with E-state index in [1.807, 2.05) is 51.4 Å². The fraction of sp³-hybridized carbons (Fsp3) is 0.115. The van der Waals surface area contributed by atoms with E-state index < -0.39 is 0 Å². The van der Waals surface area contributed by atoms with Crippen molar-refractivity contribution in [3.05, 3.63) is 78.1 Å². The zero-order chi connectivity index (χ0) is 22.7. The molecule has 0 saturated heterocycles. The number of H-pyrrole nitrogens is 2. The van der Waals surface area contributed by atoms with E-state index >= 15 is 0 Å². The van der Waals surface area contributed by atoms with Crippen molar-refractivity contribution in [1.82, 2.24) is 29.7 Å². The highest BCUT2D eigenvalue weighted by atomic mass is 19.1. The van der Waals surface area contributed by atoms with Crippen LogP contribution in [0.2, 0.25) is 0 Å². The molecule has 6 nitrogen and oxygen atoms in total. The minimum Gasteiger partial charge on any atom is -0.338 e. The highest BCUT2D eigenvalue weighted by molar-refractivity contribution is 6.00. The summed E-state index contributed by atoms with van der Waals surface area (Å²) in [6.07, 6.45) is 3.63. The highest BCUT2D eigenvalue weighted by Crippen LogP contribution is 2.35. The van der Waals surface area contributed by atoms with Gasteiger partial charge in [-0.05, 0) is 66.9 Å². The summed E-state index contributed by atoms with van der Waals surface area (Å²) in [5.74, 6) is 0.710. The molecular weight excluding hydrogens is 415 g/mol. The van der Waals surface area contributed by atoms with Gasteiger partial charge in [-0.3, -0.25) is 5.10 Å². The summed E-state index contributed by atoms with van der Waals surface area (Å²) in [5, 5.41) is 9.64. The topological polar surface area (TPSA) is 75.2 Å². The van der Waals surface area contributed by atoms with Crippen LogP contribution in [0.25, 0.3) is 55.7 Å².